The molecule has 1 nitrogen and oxygen atoms in total. The van der Waals surface area contributed by atoms with E-state index in [1.165, 1.54) is 0 Å². The van der Waals surface area contributed by atoms with Crippen LogP contribution in [-0.2, 0) is 0 Å². The molecule has 9 heavy (non-hydrogen) atoms. The van der Waals surface area contributed by atoms with Crippen molar-refractivity contribution in [1.82, 2.24) is 0 Å². The second-order valence-electron chi connectivity index (χ2n) is 1.81. The molecule has 0 heterocycles. The van der Waals surface area contributed by atoms with Crippen molar-refractivity contribution < 1.29 is 5.11 Å². The summed E-state index contributed by atoms with van der Waals surface area (Å²) in [5, 5.41) is 9.69. The molecule has 0 atom stereocenters. The Bertz CT molecular complexity index is 74.6. The van der Waals surface area contributed by atoms with Crippen LogP contribution in [0, 0.1) is 0 Å². The van der Waals surface area contributed by atoms with Gasteiger partial charge in [0, 0.05) is 5.33 Å². The minimum atomic E-state index is -0.256. The highest BCUT2D eigenvalue weighted by Gasteiger charge is 2.19. The van der Waals surface area contributed by atoms with Crippen molar-refractivity contribution >= 4 is 47.8 Å². The van der Waals surface area contributed by atoms with E-state index < -0.39 is 0 Å². The van der Waals surface area contributed by atoms with Gasteiger partial charge in [-0.1, -0.05) is 47.8 Å². The lowest BCUT2D eigenvalue weighted by Gasteiger charge is -2.15. The number of hydrogen-bond donors (Lipinski definition) is 1. The molecule has 0 aromatic heterocycles. The molecule has 0 aromatic carbocycles. The standard InChI is InChI=1S/C5H9Br3O/c6-3-1-2-5(7,8)4-9/h9H,1-4H2. The second kappa shape index (κ2) is 5.10. The SMILES string of the molecule is OCC(Br)(Br)CCCBr. The Morgan fingerprint density at radius 3 is 2.22 bits per heavy atom. The highest BCUT2D eigenvalue weighted by Crippen LogP contribution is 2.30. The lowest BCUT2D eigenvalue weighted by atomic mass is 10.3. The molecule has 0 rings (SSSR count). The first-order valence-corrected chi connectivity index (χ1v) is 5.38. The Morgan fingerprint density at radius 2 is 1.89 bits per heavy atom. The van der Waals surface area contributed by atoms with Crippen LogP contribution in [0.4, 0.5) is 0 Å². The third-order valence-corrected chi connectivity index (χ3v) is 2.76. The van der Waals surface area contributed by atoms with Crippen molar-refractivity contribution in [1.29, 1.82) is 0 Å². The fourth-order valence-corrected chi connectivity index (χ4v) is 1.25. The summed E-state index contributed by atoms with van der Waals surface area (Å²) < 4.78 is -0.256. The third kappa shape index (κ3) is 5.83. The van der Waals surface area contributed by atoms with Gasteiger partial charge < -0.3 is 5.11 Å². The van der Waals surface area contributed by atoms with Gasteiger partial charge in [0.1, 0.15) is 3.23 Å². The van der Waals surface area contributed by atoms with Gasteiger partial charge in [-0.25, -0.2) is 0 Å². The minimum Gasteiger partial charge on any atom is -0.394 e. The van der Waals surface area contributed by atoms with Crippen LogP contribution in [0.2, 0.25) is 0 Å². The average Bonchev–Trinajstić information content (AvgIpc) is 1.84. The van der Waals surface area contributed by atoms with E-state index in [1.807, 2.05) is 0 Å². The topological polar surface area (TPSA) is 20.2 Å². The van der Waals surface area contributed by atoms with Crippen LogP contribution in [-0.4, -0.2) is 20.3 Å². The quantitative estimate of drug-likeness (QED) is 0.788. The molecule has 1 N–H and O–H groups in total. The van der Waals surface area contributed by atoms with Crippen LogP contribution >= 0.6 is 47.8 Å². The van der Waals surface area contributed by atoms with Crippen molar-refractivity contribution in [2.75, 3.05) is 11.9 Å². The Morgan fingerprint density at radius 1 is 1.33 bits per heavy atom. The first-order valence-electron chi connectivity index (χ1n) is 2.67. The lowest BCUT2D eigenvalue weighted by Crippen LogP contribution is -2.16. The summed E-state index contributed by atoms with van der Waals surface area (Å²) in [7, 11) is 0. The molecule has 0 unspecified atom stereocenters. The summed E-state index contributed by atoms with van der Waals surface area (Å²) >= 11 is 9.96. The monoisotopic (exact) mass is 322 g/mol. The van der Waals surface area contributed by atoms with Gasteiger partial charge in [0.05, 0.1) is 6.61 Å². The predicted octanol–water partition coefficient (Wildman–Crippen LogP) is 2.64. The van der Waals surface area contributed by atoms with Gasteiger partial charge in [-0.3, -0.25) is 0 Å². The molecule has 0 spiro atoms. The van der Waals surface area contributed by atoms with Gasteiger partial charge in [0.2, 0.25) is 0 Å². The summed E-state index contributed by atoms with van der Waals surface area (Å²) in [6.07, 6.45) is 1.98. The van der Waals surface area contributed by atoms with E-state index in [4.69, 9.17) is 5.11 Å². The van der Waals surface area contributed by atoms with E-state index in [9.17, 15) is 0 Å². The molecule has 56 valence electrons. The molecule has 0 fully saturated rings. The number of aliphatic hydroxyl groups excluding tert-OH is 1. The first kappa shape index (κ1) is 10.4. The zero-order valence-electron chi connectivity index (χ0n) is 4.91. The first-order chi connectivity index (χ1) is 4.12. The molecule has 0 saturated carbocycles. The van der Waals surface area contributed by atoms with Gasteiger partial charge in [-0.15, -0.1) is 0 Å². The summed E-state index contributed by atoms with van der Waals surface area (Å²) in [5.74, 6) is 0. The zero-order chi connectivity index (χ0) is 7.33. The Balaban J connectivity index is 3.33. The number of halogens is 3. The smallest absolute Gasteiger partial charge is 0.103 e. The Labute approximate surface area is 80.6 Å². The summed E-state index contributed by atoms with van der Waals surface area (Å²) in [6.45, 7) is 0.125. The van der Waals surface area contributed by atoms with Gasteiger partial charge in [-0.2, -0.15) is 0 Å². The number of alkyl halides is 3. The molecule has 0 aromatic rings. The maximum atomic E-state index is 8.71. The van der Waals surface area contributed by atoms with E-state index in [-0.39, 0.29) is 9.84 Å². The van der Waals surface area contributed by atoms with Crippen LogP contribution in [0.5, 0.6) is 0 Å². The van der Waals surface area contributed by atoms with E-state index in [0.717, 1.165) is 18.2 Å². The number of rotatable bonds is 4. The van der Waals surface area contributed by atoms with E-state index in [0.29, 0.717) is 0 Å². The average molecular weight is 325 g/mol. The van der Waals surface area contributed by atoms with Crippen LogP contribution in [0.25, 0.3) is 0 Å². The van der Waals surface area contributed by atoms with Crippen molar-refractivity contribution in [3.05, 3.63) is 0 Å². The normalized spacial score (nSPS) is 12.0. The summed E-state index contributed by atoms with van der Waals surface area (Å²) in [6, 6.07) is 0. The molecule has 0 bridgehead atoms. The van der Waals surface area contributed by atoms with E-state index in [1.54, 1.807) is 0 Å². The van der Waals surface area contributed by atoms with Crippen LogP contribution < -0.4 is 0 Å². The zero-order valence-corrected chi connectivity index (χ0v) is 9.67. The maximum absolute atomic E-state index is 8.71. The van der Waals surface area contributed by atoms with E-state index in [2.05, 4.69) is 47.8 Å². The fourth-order valence-electron chi connectivity index (χ4n) is 0.405. The lowest BCUT2D eigenvalue weighted by molar-refractivity contribution is 0.284. The van der Waals surface area contributed by atoms with Crippen LogP contribution in [0.15, 0.2) is 0 Å². The Kier molecular flexibility index (Phi) is 5.90. The van der Waals surface area contributed by atoms with Crippen molar-refractivity contribution in [2.45, 2.75) is 16.1 Å². The molecular weight excluding hydrogens is 316 g/mol. The van der Waals surface area contributed by atoms with Gasteiger partial charge in [-0.05, 0) is 12.8 Å². The Hall–Kier alpha value is 1.40. The van der Waals surface area contributed by atoms with E-state index >= 15 is 0 Å². The molecule has 0 amide bonds. The van der Waals surface area contributed by atoms with Gasteiger partial charge >= 0.3 is 0 Å². The molecule has 0 aliphatic carbocycles. The minimum absolute atomic E-state index is 0.125. The molecule has 0 saturated heterocycles. The largest absolute Gasteiger partial charge is 0.394 e. The predicted molar refractivity (Wildman–Crippen MR) is 50.7 cm³/mol. The number of hydrogen-bond acceptors (Lipinski definition) is 1. The van der Waals surface area contributed by atoms with Gasteiger partial charge in [0.15, 0.2) is 0 Å². The molecular formula is C5H9Br3O. The third-order valence-electron chi connectivity index (χ3n) is 0.907. The van der Waals surface area contributed by atoms with Crippen molar-refractivity contribution in [3.8, 4) is 0 Å². The van der Waals surface area contributed by atoms with Gasteiger partial charge in [0.25, 0.3) is 0 Å². The number of aliphatic hydroxyl groups is 1. The van der Waals surface area contributed by atoms with Crippen molar-refractivity contribution in [2.24, 2.45) is 0 Å². The molecule has 0 aliphatic rings. The fraction of sp³-hybridized carbons (Fsp3) is 1.00. The molecule has 4 heteroatoms. The molecule has 0 radical (unpaired) electrons. The molecule has 0 aliphatic heterocycles. The summed E-state index contributed by atoms with van der Waals surface area (Å²) in [5.41, 5.74) is 0. The highest BCUT2D eigenvalue weighted by atomic mass is 79.9. The highest BCUT2D eigenvalue weighted by molar-refractivity contribution is 9.25. The maximum Gasteiger partial charge on any atom is 0.103 e. The van der Waals surface area contributed by atoms with Crippen LogP contribution in [0.1, 0.15) is 12.8 Å². The van der Waals surface area contributed by atoms with Crippen LogP contribution in [0.3, 0.4) is 0 Å². The second-order valence-corrected chi connectivity index (χ2v) is 6.70. The summed E-state index contributed by atoms with van der Waals surface area (Å²) in [4.78, 5) is 0. The van der Waals surface area contributed by atoms with Crippen molar-refractivity contribution in [3.63, 3.8) is 0 Å².